The summed E-state index contributed by atoms with van der Waals surface area (Å²) in [5, 5.41) is 4.21. The zero-order valence-corrected chi connectivity index (χ0v) is 18.4. The Bertz CT molecular complexity index is 1470. The smallest absolute Gasteiger partial charge is 0.345 e. The monoisotopic (exact) mass is 456 g/mol. The Morgan fingerprint density at radius 1 is 0.938 bits per heavy atom. The fourth-order valence-electron chi connectivity index (χ4n) is 3.34. The highest BCUT2D eigenvalue weighted by Crippen LogP contribution is 2.29. The van der Waals surface area contributed by atoms with Crippen LogP contribution in [0.1, 0.15) is 5.56 Å². The molecular formula is C26H17ClN2O2S. The van der Waals surface area contributed by atoms with Crippen LogP contribution in [0.25, 0.3) is 34.0 Å². The molecule has 32 heavy (non-hydrogen) atoms. The lowest BCUT2D eigenvalue weighted by atomic mass is 10.1. The molecule has 0 aliphatic carbocycles. The number of fused-ring (bicyclic) bond motifs is 1. The average molecular weight is 457 g/mol. The fraction of sp³-hybridized carbons (Fsp3) is 0. The van der Waals surface area contributed by atoms with E-state index in [0.717, 1.165) is 21.8 Å². The van der Waals surface area contributed by atoms with E-state index in [1.807, 2.05) is 101 Å². The van der Waals surface area contributed by atoms with Gasteiger partial charge in [-0.05, 0) is 53.4 Å². The number of imidazole rings is 1. The van der Waals surface area contributed by atoms with E-state index in [2.05, 4.69) is 0 Å². The quantitative estimate of drug-likeness (QED) is 0.210. The summed E-state index contributed by atoms with van der Waals surface area (Å²) in [6.45, 7) is 0. The van der Waals surface area contributed by atoms with Gasteiger partial charge in [0, 0.05) is 22.3 Å². The first kappa shape index (κ1) is 20.4. The van der Waals surface area contributed by atoms with Crippen LogP contribution in [-0.4, -0.2) is 9.55 Å². The maximum Gasteiger partial charge on any atom is 0.345 e. The second-order valence-corrected chi connectivity index (χ2v) is 8.38. The molecule has 2 heterocycles. The number of halogens is 1. The van der Waals surface area contributed by atoms with Crippen LogP contribution in [0, 0.1) is 0 Å². The Balaban J connectivity index is 1.58. The molecule has 0 aliphatic rings. The van der Waals surface area contributed by atoms with Gasteiger partial charge < -0.3 is 4.42 Å². The van der Waals surface area contributed by atoms with Crippen molar-refractivity contribution in [3.8, 4) is 16.9 Å². The molecule has 0 radical (unpaired) electrons. The zero-order valence-electron chi connectivity index (χ0n) is 16.8. The maximum absolute atomic E-state index is 12.7. The summed E-state index contributed by atoms with van der Waals surface area (Å²) in [7, 11) is 0. The maximum atomic E-state index is 12.7. The van der Waals surface area contributed by atoms with Crippen LogP contribution in [0.5, 0.6) is 0 Å². The second kappa shape index (κ2) is 8.91. The summed E-state index contributed by atoms with van der Waals surface area (Å²) < 4.78 is 7.46. The fourth-order valence-corrected chi connectivity index (χ4v) is 4.24. The number of thioether (sulfide) groups is 1. The van der Waals surface area contributed by atoms with E-state index in [9.17, 15) is 4.79 Å². The molecule has 0 bridgehead atoms. The first-order valence-corrected chi connectivity index (χ1v) is 11.2. The molecule has 0 amide bonds. The third kappa shape index (κ3) is 4.26. The molecule has 0 atom stereocenters. The first-order chi connectivity index (χ1) is 15.7. The van der Waals surface area contributed by atoms with Crippen LogP contribution in [0.2, 0.25) is 5.02 Å². The Morgan fingerprint density at radius 3 is 2.50 bits per heavy atom. The lowest BCUT2D eigenvalue weighted by Gasteiger charge is -2.05. The molecule has 0 N–H and O–H groups in total. The molecule has 0 aliphatic heterocycles. The van der Waals surface area contributed by atoms with Crippen molar-refractivity contribution in [2.75, 3.05) is 0 Å². The second-order valence-electron chi connectivity index (χ2n) is 7.07. The molecule has 0 spiro atoms. The van der Waals surface area contributed by atoms with Crippen molar-refractivity contribution in [1.82, 2.24) is 9.55 Å². The predicted octanol–water partition coefficient (Wildman–Crippen LogP) is 7.06. The van der Waals surface area contributed by atoms with Gasteiger partial charge in [-0.15, -0.1) is 0 Å². The van der Waals surface area contributed by atoms with Crippen molar-refractivity contribution in [3.63, 3.8) is 0 Å². The number of nitrogens with zero attached hydrogens (tertiary/aromatic N) is 2. The van der Waals surface area contributed by atoms with Gasteiger partial charge in [0.1, 0.15) is 5.58 Å². The van der Waals surface area contributed by atoms with E-state index in [0.29, 0.717) is 21.9 Å². The Labute approximate surface area is 193 Å². The number of benzene rings is 3. The Morgan fingerprint density at radius 2 is 1.69 bits per heavy atom. The van der Waals surface area contributed by atoms with E-state index in [-0.39, 0.29) is 0 Å². The summed E-state index contributed by atoms with van der Waals surface area (Å²) in [6.07, 6.45) is 3.87. The molecule has 2 aromatic heterocycles. The van der Waals surface area contributed by atoms with Gasteiger partial charge in [0.05, 0.1) is 11.3 Å². The standard InChI is InChI=1S/C26H17ClN2O2S/c27-20-10-12-21(13-11-20)29-17-23(22-16-19-8-4-5-9-24(19)31-25(22)30)28-26(29)32-15-14-18-6-2-1-3-7-18/h1-17H/b15-14-. The highest BCUT2D eigenvalue weighted by atomic mass is 35.5. The van der Waals surface area contributed by atoms with Gasteiger partial charge in [0.2, 0.25) is 0 Å². The first-order valence-electron chi connectivity index (χ1n) is 9.94. The van der Waals surface area contributed by atoms with Crippen LogP contribution in [-0.2, 0) is 0 Å². The third-order valence-electron chi connectivity index (χ3n) is 4.93. The van der Waals surface area contributed by atoms with E-state index in [4.69, 9.17) is 21.0 Å². The molecule has 5 rings (SSSR count). The number of rotatable bonds is 5. The van der Waals surface area contributed by atoms with Crippen molar-refractivity contribution in [1.29, 1.82) is 0 Å². The van der Waals surface area contributed by atoms with Crippen molar-refractivity contribution in [2.45, 2.75) is 5.16 Å². The molecule has 6 heteroatoms. The summed E-state index contributed by atoms with van der Waals surface area (Å²) >= 11 is 7.54. The molecule has 0 fully saturated rings. The van der Waals surface area contributed by atoms with Crippen molar-refractivity contribution in [2.24, 2.45) is 0 Å². The van der Waals surface area contributed by atoms with Gasteiger partial charge in [0.25, 0.3) is 0 Å². The van der Waals surface area contributed by atoms with Crippen LogP contribution >= 0.6 is 23.4 Å². The van der Waals surface area contributed by atoms with Gasteiger partial charge in [-0.3, -0.25) is 4.57 Å². The molecule has 0 saturated carbocycles. The van der Waals surface area contributed by atoms with Crippen molar-refractivity contribution < 1.29 is 4.42 Å². The van der Waals surface area contributed by atoms with Crippen molar-refractivity contribution >= 4 is 40.4 Å². The number of hydrogen-bond donors (Lipinski definition) is 0. The topological polar surface area (TPSA) is 48.0 Å². The summed E-state index contributed by atoms with van der Waals surface area (Å²) in [5.41, 5.74) is 3.11. The minimum Gasteiger partial charge on any atom is -0.422 e. The highest BCUT2D eigenvalue weighted by molar-refractivity contribution is 8.02. The van der Waals surface area contributed by atoms with Crippen LogP contribution in [0.3, 0.4) is 0 Å². The van der Waals surface area contributed by atoms with Crippen LogP contribution in [0.15, 0.2) is 111 Å². The minimum absolute atomic E-state index is 0.416. The number of hydrogen-bond acceptors (Lipinski definition) is 4. The normalized spacial score (nSPS) is 11.4. The molecule has 156 valence electrons. The predicted molar refractivity (Wildman–Crippen MR) is 131 cm³/mol. The molecule has 3 aromatic carbocycles. The molecular weight excluding hydrogens is 440 g/mol. The lowest BCUT2D eigenvalue weighted by Crippen LogP contribution is -2.02. The SMILES string of the molecule is O=c1oc2ccccc2cc1-c1cn(-c2ccc(Cl)cc2)c(S/C=C\c2ccccc2)n1. The van der Waals surface area contributed by atoms with E-state index in [1.54, 1.807) is 6.07 Å². The molecule has 0 unspecified atom stereocenters. The van der Waals surface area contributed by atoms with E-state index < -0.39 is 5.63 Å². The average Bonchev–Trinajstić information content (AvgIpc) is 3.23. The molecule has 4 nitrogen and oxygen atoms in total. The zero-order chi connectivity index (χ0) is 21.9. The van der Waals surface area contributed by atoms with E-state index >= 15 is 0 Å². The number of aromatic nitrogens is 2. The van der Waals surface area contributed by atoms with Gasteiger partial charge in [-0.1, -0.05) is 71.9 Å². The van der Waals surface area contributed by atoms with Gasteiger partial charge in [0.15, 0.2) is 5.16 Å². The summed E-state index contributed by atoms with van der Waals surface area (Å²) in [4.78, 5) is 17.4. The summed E-state index contributed by atoms with van der Waals surface area (Å²) in [6, 6.07) is 26.8. The van der Waals surface area contributed by atoms with Crippen LogP contribution < -0.4 is 5.63 Å². The highest BCUT2D eigenvalue weighted by Gasteiger charge is 2.15. The summed E-state index contributed by atoms with van der Waals surface area (Å²) in [5.74, 6) is 0. The third-order valence-corrected chi connectivity index (χ3v) is 5.95. The lowest BCUT2D eigenvalue weighted by molar-refractivity contribution is 0.563. The largest absolute Gasteiger partial charge is 0.422 e. The van der Waals surface area contributed by atoms with Crippen LogP contribution in [0.4, 0.5) is 0 Å². The van der Waals surface area contributed by atoms with Crippen molar-refractivity contribution in [3.05, 3.63) is 118 Å². The Kier molecular flexibility index (Phi) is 5.67. The van der Waals surface area contributed by atoms with E-state index in [1.165, 1.54) is 11.8 Å². The van der Waals surface area contributed by atoms with Gasteiger partial charge in [-0.2, -0.15) is 0 Å². The Hall–Kier alpha value is -3.54. The van der Waals surface area contributed by atoms with Gasteiger partial charge in [-0.25, -0.2) is 9.78 Å². The molecule has 5 aromatic rings. The minimum atomic E-state index is -0.416. The number of para-hydroxylation sites is 1. The molecule has 0 saturated heterocycles. The van der Waals surface area contributed by atoms with Gasteiger partial charge >= 0.3 is 5.63 Å².